The molecule has 0 aliphatic heterocycles. The Morgan fingerprint density at radius 3 is 3.00 bits per heavy atom. The molecule has 4 nitrogen and oxygen atoms in total. The van der Waals surface area contributed by atoms with Crippen molar-refractivity contribution in [1.29, 1.82) is 0 Å². The molecule has 2 rings (SSSR count). The van der Waals surface area contributed by atoms with E-state index in [-0.39, 0.29) is 6.42 Å². The lowest BCUT2D eigenvalue weighted by Crippen LogP contribution is -1.98. The van der Waals surface area contributed by atoms with Gasteiger partial charge in [-0.25, -0.2) is 4.68 Å². The molecule has 1 N–H and O–H groups in total. The maximum Gasteiger partial charge on any atom is 0.307 e. The maximum absolute atomic E-state index is 10.5. The van der Waals surface area contributed by atoms with Gasteiger partial charge in [0.2, 0.25) is 0 Å². The Labute approximate surface area is 97.1 Å². The minimum Gasteiger partial charge on any atom is -0.481 e. The second-order valence-corrected chi connectivity index (χ2v) is 3.78. The van der Waals surface area contributed by atoms with Crippen LogP contribution >= 0.6 is 11.6 Å². The van der Waals surface area contributed by atoms with Crippen molar-refractivity contribution in [3.63, 3.8) is 0 Å². The van der Waals surface area contributed by atoms with E-state index in [1.54, 1.807) is 23.0 Å². The quantitative estimate of drug-likeness (QED) is 0.889. The molecule has 0 unspecified atom stereocenters. The minimum atomic E-state index is -0.870. The average Bonchev–Trinajstić information content (AvgIpc) is 2.65. The molecule has 1 aromatic carbocycles. The number of carbonyl (C=O) groups is 1. The molecule has 82 valence electrons. The minimum absolute atomic E-state index is 0.0272. The summed E-state index contributed by atoms with van der Waals surface area (Å²) in [4.78, 5) is 10.5. The lowest BCUT2D eigenvalue weighted by atomic mass is 10.2. The fraction of sp³-hybridized carbons (Fsp3) is 0.0909. The molecular formula is C11H9ClN2O2. The summed E-state index contributed by atoms with van der Waals surface area (Å²) in [6.45, 7) is 0. The highest BCUT2D eigenvalue weighted by molar-refractivity contribution is 6.30. The summed E-state index contributed by atoms with van der Waals surface area (Å²) < 4.78 is 1.60. The zero-order valence-electron chi connectivity index (χ0n) is 8.30. The second kappa shape index (κ2) is 4.37. The van der Waals surface area contributed by atoms with E-state index in [1.807, 2.05) is 12.1 Å². The molecule has 0 bridgehead atoms. The lowest BCUT2D eigenvalue weighted by Gasteiger charge is -2.00. The van der Waals surface area contributed by atoms with Crippen molar-refractivity contribution in [1.82, 2.24) is 9.78 Å². The van der Waals surface area contributed by atoms with E-state index in [0.717, 1.165) is 5.69 Å². The molecule has 0 radical (unpaired) electrons. The van der Waals surface area contributed by atoms with E-state index in [4.69, 9.17) is 16.7 Å². The first kappa shape index (κ1) is 10.7. The van der Waals surface area contributed by atoms with Crippen molar-refractivity contribution >= 4 is 17.6 Å². The third-order valence-corrected chi connectivity index (χ3v) is 2.30. The summed E-state index contributed by atoms with van der Waals surface area (Å²) in [5.74, 6) is -0.870. The van der Waals surface area contributed by atoms with Crippen LogP contribution < -0.4 is 0 Å². The van der Waals surface area contributed by atoms with E-state index in [0.29, 0.717) is 10.6 Å². The molecule has 0 atom stereocenters. The van der Waals surface area contributed by atoms with Gasteiger partial charge >= 0.3 is 5.97 Å². The highest BCUT2D eigenvalue weighted by Crippen LogP contribution is 2.14. The van der Waals surface area contributed by atoms with E-state index in [9.17, 15) is 4.79 Å². The Morgan fingerprint density at radius 1 is 1.50 bits per heavy atom. The molecule has 1 aromatic heterocycles. The Balaban J connectivity index is 2.28. The summed E-state index contributed by atoms with van der Waals surface area (Å²) in [5, 5.41) is 13.3. The number of benzene rings is 1. The topological polar surface area (TPSA) is 55.1 Å². The van der Waals surface area contributed by atoms with E-state index >= 15 is 0 Å². The van der Waals surface area contributed by atoms with Crippen LogP contribution in [-0.2, 0) is 11.2 Å². The lowest BCUT2D eigenvalue weighted by molar-refractivity contribution is -0.136. The van der Waals surface area contributed by atoms with Crippen LogP contribution in [0.25, 0.3) is 5.69 Å². The predicted octanol–water partition coefficient (Wildman–Crippen LogP) is 2.15. The van der Waals surface area contributed by atoms with Gasteiger partial charge in [0.05, 0.1) is 18.3 Å². The largest absolute Gasteiger partial charge is 0.481 e. The van der Waals surface area contributed by atoms with Gasteiger partial charge in [0.15, 0.2) is 0 Å². The SMILES string of the molecule is O=C(O)Cc1cnn(-c2cccc(Cl)c2)c1. The molecule has 1 heterocycles. The average molecular weight is 237 g/mol. The molecular weight excluding hydrogens is 228 g/mol. The number of halogens is 1. The Kier molecular flexibility index (Phi) is 2.92. The fourth-order valence-electron chi connectivity index (χ4n) is 1.39. The number of nitrogens with zero attached hydrogens (tertiary/aromatic N) is 2. The highest BCUT2D eigenvalue weighted by atomic mass is 35.5. The number of hydrogen-bond donors (Lipinski definition) is 1. The summed E-state index contributed by atoms with van der Waals surface area (Å²) in [5.41, 5.74) is 1.47. The molecule has 16 heavy (non-hydrogen) atoms. The smallest absolute Gasteiger partial charge is 0.307 e. The van der Waals surface area contributed by atoms with Gasteiger partial charge in [-0.05, 0) is 18.2 Å². The van der Waals surface area contributed by atoms with Crippen LogP contribution in [0.3, 0.4) is 0 Å². The Morgan fingerprint density at radius 2 is 2.31 bits per heavy atom. The maximum atomic E-state index is 10.5. The first-order valence-electron chi connectivity index (χ1n) is 4.66. The Hall–Kier alpha value is -1.81. The third-order valence-electron chi connectivity index (χ3n) is 2.06. The molecule has 0 saturated carbocycles. The number of aromatic nitrogens is 2. The van der Waals surface area contributed by atoms with Crippen LogP contribution in [0.1, 0.15) is 5.56 Å². The zero-order valence-corrected chi connectivity index (χ0v) is 9.05. The number of carboxylic acids is 1. The standard InChI is InChI=1S/C11H9ClN2O2/c12-9-2-1-3-10(5-9)14-7-8(6-13-14)4-11(15)16/h1-3,5-7H,4H2,(H,15,16). The van der Waals surface area contributed by atoms with Crippen LogP contribution in [-0.4, -0.2) is 20.9 Å². The van der Waals surface area contributed by atoms with Crippen molar-refractivity contribution < 1.29 is 9.90 Å². The van der Waals surface area contributed by atoms with Crippen molar-refractivity contribution in [2.24, 2.45) is 0 Å². The molecule has 5 heteroatoms. The summed E-state index contributed by atoms with van der Waals surface area (Å²) in [6, 6.07) is 7.20. The molecule has 2 aromatic rings. The van der Waals surface area contributed by atoms with Crippen LogP contribution in [0.5, 0.6) is 0 Å². The normalized spacial score (nSPS) is 10.3. The number of rotatable bonds is 3. The molecule has 0 amide bonds. The summed E-state index contributed by atoms with van der Waals surface area (Å²) >= 11 is 5.85. The van der Waals surface area contributed by atoms with Crippen molar-refractivity contribution in [3.05, 3.63) is 47.2 Å². The van der Waals surface area contributed by atoms with Crippen LogP contribution in [0.4, 0.5) is 0 Å². The van der Waals surface area contributed by atoms with Gasteiger partial charge in [-0.1, -0.05) is 17.7 Å². The van der Waals surface area contributed by atoms with Gasteiger partial charge in [-0.3, -0.25) is 4.79 Å². The highest BCUT2D eigenvalue weighted by Gasteiger charge is 2.04. The van der Waals surface area contributed by atoms with E-state index in [2.05, 4.69) is 5.10 Å². The van der Waals surface area contributed by atoms with E-state index in [1.165, 1.54) is 6.20 Å². The van der Waals surface area contributed by atoms with Gasteiger partial charge in [0.1, 0.15) is 0 Å². The van der Waals surface area contributed by atoms with Gasteiger partial charge in [0.25, 0.3) is 0 Å². The van der Waals surface area contributed by atoms with Gasteiger partial charge in [-0.2, -0.15) is 5.10 Å². The first-order valence-corrected chi connectivity index (χ1v) is 5.04. The van der Waals surface area contributed by atoms with Gasteiger partial charge in [-0.15, -0.1) is 0 Å². The molecule has 0 fully saturated rings. The van der Waals surface area contributed by atoms with Gasteiger partial charge in [0, 0.05) is 16.8 Å². The molecule has 0 aliphatic rings. The molecule has 0 aliphatic carbocycles. The zero-order chi connectivity index (χ0) is 11.5. The Bertz CT molecular complexity index is 522. The van der Waals surface area contributed by atoms with Crippen molar-refractivity contribution in [3.8, 4) is 5.69 Å². The van der Waals surface area contributed by atoms with Crippen LogP contribution in [0.2, 0.25) is 5.02 Å². The first-order chi connectivity index (χ1) is 7.65. The number of carboxylic acid groups (broad SMARTS) is 1. The van der Waals surface area contributed by atoms with Crippen molar-refractivity contribution in [2.75, 3.05) is 0 Å². The third kappa shape index (κ3) is 2.41. The monoisotopic (exact) mass is 236 g/mol. The summed E-state index contributed by atoms with van der Waals surface area (Å²) in [6.07, 6.45) is 3.19. The number of hydrogen-bond acceptors (Lipinski definition) is 2. The number of aliphatic carboxylic acids is 1. The molecule has 0 saturated heterocycles. The van der Waals surface area contributed by atoms with E-state index < -0.39 is 5.97 Å². The van der Waals surface area contributed by atoms with Crippen LogP contribution in [0, 0.1) is 0 Å². The second-order valence-electron chi connectivity index (χ2n) is 3.34. The fourth-order valence-corrected chi connectivity index (χ4v) is 1.57. The van der Waals surface area contributed by atoms with Crippen molar-refractivity contribution in [2.45, 2.75) is 6.42 Å². The summed E-state index contributed by atoms with van der Waals surface area (Å²) in [7, 11) is 0. The van der Waals surface area contributed by atoms with Gasteiger partial charge < -0.3 is 5.11 Å². The predicted molar refractivity (Wildman–Crippen MR) is 59.9 cm³/mol. The van der Waals surface area contributed by atoms with Crippen LogP contribution in [0.15, 0.2) is 36.7 Å². The molecule has 0 spiro atoms.